The number of pyridine rings is 2. The summed E-state index contributed by atoms with van der Waals surface area (Å²) in [5.74, 6) is -2.51. The Hall–Kier alpha value is -3.02. The summed E-state index contributed by atoms with van der Waals surface area (Å²) in [4.78, 5) is 26.9. The molecule has 0 radical (unpaired) electrons. The molecule has 0 aromatic carbocycles. The largest absolute Gasteiger partial charge is 0.478 e. The minimum atomic E-state index is -1.26. The number of aromatic nitrogens is 2. The van der Waals surface area contributed by atoms with Crippen LogP contribution in [0.2, 0.25) is 0 Å². The van der Waals surface area contributed by atoms with Crippen molar-refractivity contribution < 1.29 is 19.8 Å². The van der Waals surface area contributed by atoms with Gasteiger partial charge in [-0.2, -0.15) is 0 Å². The molecular weight excluding hydrogens is 284 g/mol. The summed E-state index contributed by atoms with van der Waals surface area (Å²) >= 11 is 0. The van der Waals surface area contributed by atoms with Crippen LogP contribution in [0, 0.1) is 13.8 Å². The van der Waals surface area contributed by atoms with E-state index in [4.69, 9.17) is 10.2 Å². The lowest BCUT2D eigenvalue weighted by Crippen LogP contribution is -1.91. The molecule has 0 fully saturated rings. The van der Waals surface area contributed by atoms with E-state index in [2.05, 4.69) is 9.97 Å². The monoisotopic (exact) mass is 302 g/mol. The van der Waals surface area contributed by atoms with Gasteiger partial charge < -0.3 is 10.2 Å². The Morgan fingerprint density at radius 1 is 0.864 bits per heavy atom. The van der Waals surface area contributed by atoms with E-state index in [9.17, 15) is 9.59 Å². The predicted molar refractivity (Wildman–Crippen MR) is 82.4 cm³/mol. The molecule has 2 aromatic rings. The number of rotatable bonds is 2. The highest BCUT2D eigenvalue weighted by Crippen LogP contribution is 1.88. The topological polar surface area (TPSA) is 100 Å². The van der Waals surface area contributed by atoms with Crippen LogP contribution in [0.5, 0.6) is 0 Å². The van der Waals surface area contributed by atoms with Crippen molar-refractivity contribution in [1.29, 1.82) is 0 Å². The standard InChI is InChI=1S/2C6H7N.C4H4O4/c2*1-6-3-2-4-7-5-6;5-3(6)1-2-4(7)8/h2*2-5H,1H3;1-2H,(H,5,6)(H,7,8)/b;;2-1+. The number of carbonyl (C=O) groups is 2. The molecule has 0 unspecified atom stereocenters. The van der Waals surface area contributed by atoms with Gasteiger partial charge in [-0.3, -0.25) is 9.97 Å². The smallest absolute Gasteiger partial charge is 0.328 e. The van der Waals surface area contributed by atoms with Gasteiger partial charge >= 0.3 is 11.9 Å². The van der Waals surface area contributed by atoms with E-state index < -0.39 is 11.9 Å². The molecular formula is C16H18N2O4. The summed E-state index contributed by atoms with van der Waals surface area (Å²) in [6.07, 6.45) is 8.32. The van der Waals surface area contributed by atoms with Gasteiger partial charge in [-0.15, -0.1) is 0 Å². The third kappa shape index (κ3) is 13.4. The fraction of sp³-hybridized carbons (Fsp3) is 0.125. The summed E-state index contributed by atoms with van der Waals surface area (Å²) in [6.45, 7) is 4.04. The quantitative estimate of drug-likeness (QED) is 0.827. The highest BCUT2D eigenvalue weighted by atomic mass is 16.4. The Morgan fingerprint density at radius 2 is 1.23 bits per heavy atom. The van der Waals surface area contributed by atoms with E-state index in [1.54, 1.807) is 12.4 Å². The third-order valence-corrected chi connectivity index (χ3v) is 1.99. The minimum Gasteiger partial charge on any atom is -0.478 e. The molecule has 0 amide bonds. The molecule has 0 aliphatic carbocycles. The Kier molecular flexibility index (Phi) is 10.2. The molecule has 6 nitrogen and oxygen atoms in total. The van der Waals surface area contributed by atoms with Gasteiger partial charge in [0.1, 0.15) is 0 Å². The van der Waals surface area contributed by atoms with Crippen LogP contribution in [0.15, 0.2) is 61.2 Å². The zero-order chi connectivity index (χ0) is 16.8. The molecule has 2 aromatic heterocycles. The SMILES string of the molecule is Cc1cccnc1.Cc1cccnc1.O=C(O)/C=C/C(=O)O. The first-order valence-corrected chi connectivity index (χ1v) is 6.29. The first-order valence-electron chi connectivity index (χ1n) is 6.29. The molecule has 0 bridgehead atoms. The van der Waals surface area contributed by atoms with E-state index in [1.807, 2.05) is 50.5 Å². The van der Waals surface area contributed by atoms with Crippen LogP contribution in [0.4, 0.5) is 0 Å². The molecule has 0 aliphatic rings. The average molecular weight is 302 g/mol. The molecule has 0 saturated carbocycles. The van der Waals surface area contributed by atoms with Crippen molar-refractivity contribution in [1.82, 2.24) is 9.97 Å². The van der Waals surface area contributed by atoms with E-state index in [-0.39, 0.29) is 0 Å². The van der Waals surface area contributed by atoms with Gasteiger partial charge in [0.2, 0.25) is 0 Å². The van der Waals surface area contributed by atoms with Gasteiger partial charge in [-0.25, -0.2) is 9.59 Å². The lowest BCUT2D eigenvalue weighted by atomic mass is 10.3. The number of aryl methyl sites for hydroxylation is 2. The van der Waals surface area contributed by atoms with E-state index in [0.717, 1.165) is 0 Å². The maximum atomic E-state index is 9.55. The molecule has 0 saturated heterocycles. The lowest BCUT2D eigenvalue weighted by Gasteiger charge is -1.82. The van der Waals surface area contributed by atoms with Gasteiger partial charge in [0.05, 0.1) is 0 Å². The van der Waals surface area contributed by atoms with Crippen LogP contribution in [-0.2, 0) is 9.59 Å². The Labute approximate surface area is 128 Å². The highest BCUT2D eigenvalue weighted by molar-refractivity contribution is 5.89. The van der Waals surface area contributed by atoms with E-state index in [0.29, 0.717) is 12.2 Å². The molecule has 6 heteroatoms. The third-order valence-electron chi connectivity index (χ3n) is 1.99. The Balaban J connectivity index is 0.000000301. The highest BCUT2D eigenvalue weighted by Gasteiger charge is 1.88. The fourth-order valence-electron chi connectivity index (χ4n) is 1.04. The summed E-state index contributed by atoms with van der Waals surface area (Å²) in [7, 11) is 0. The summed E-state index contributed by atoms with van der Waals surface area (Å²) in [6, 6.07) is 7.89. The number of carboxylic acid groups (broad SMARTS) is 2. The first kappa shape index (κ1) is 19.0. The maximum Gasteiger partial charge on any atom is 0.328 e. The second kappa shape index (κ2) is 11.8. The second-order valence-corrected chi connectivity index (χ2v) is 4.07. The van der Waals surface area contributed by atoms with Crippen LogP contribution >= 0.6 is 0 Å². The second-order valence-electron chi connectivity index (χ2n) is 4.07. The number of hydrogen-bond acceptors (Lipinski definition) is 4. The molecule has 0 aliphatic heterocycles. The van der Waals surface area contributed by atoms with Crippen molar-refractivity contribution in [2.24, 2.45) is 0 Å². The van der Waals surface area contributed by atoms with Crippen LogP contribution < -0.4 is 0 Å². The number of hydrogen-bond donors (Lipinski definition) is 2. The molecule has 116 valence electrons. The van der Waals surface area contributed by atoms with Crippen LogP contribution in [0.25, 0.3) is 0 Å². The number of carboxylic acids is 2. The molecule has 22 heavy (non-hydrogen) atoms. The predicted octanol–water partition coefficient (Wildman–Crippen LogP) is 2.49. The van der Waals surface area contributed by atoms with Crippen molar-refractivity contribution in [2.75, 3.05) is 0 Å². The van der Waals surface area contributed by atoms with Crippen molar-refractivity contribution in [3.05, 3.63) is 72.3 Å². The zero-order valence-electron chi connectivity index (χ0n) is 12.4. The lowest BCUT2D eigenvalue weighted by molar-refractivity contribution is -0.134. The minimum absolute atomic E-state index is 0.558. The van der Waals surface area contributed by atoms with Gasteiger partial charge in [-0.05, 0) is 37.1 Å². The number of nitrogens with zero attached hydrogens (tertiary/aromatic N) is 2. The molecule has 0 spiro atoms. The number of aliphatic carboxylic acids is 2. The molecule has 2 rings (SSSR count). The van der Waals surface area contributed by atoms with Crippen LogP contribution in [0.3, 0.4) is 0 Å². The maximum absolute atomic E-state index is 9.55. The summed E-state index contributed by atoms with van der Waals surface area (Å²) < 4.78 is 0. The van der Waals surface area contributed by atoms with Crippen molar-refractivity contribution in [3.8, 4) is 0 Å². The van der Waals surface area contributed by atoms with E-state index in [1.165, 1.54) is 11.1 Å². The summed E-state index contributed by atoms with van der Waals surface area (Å²) in [5.41, 5.74) is 2.42. The van der Waals surface area contributed by atoms with Crippen LogP contribution in [0.1, 0.15) is 11.1 Å². The van der Waals surface area contributed by atoms with Gasteiger partial charge in [0.25, 0.3) is 0 Å². The van der Waals surface area contributed by atoms with E-state index >= 15 is 0 Å². The van der Waals surface area contributed by atoms with Gasteiger partial charge in [0.15, 0.2) is 0 Å². The van der Waals surface area contributed by atoms with Gasteiger partial charge in [-0.1, -0.05) is 12.1 Å². The van der Waals surface area contributed by atoms with Gasteiger partial charge in [0, 0.05) is 36.9 Å². The van der Waals surface area contributed by atoms with Crippen molar-refractivity contribution in [3.63, 3.8) is 0 Å². The van der Waals surface area contributed by atoms with Crippen LogP contribution in [-0.4, -0.2) is 32.1 Å². The molecule has 0 atom stereocenters. The average Bonchev–Trinajstić information content (AvgIpc) is 2.48. The zero-order valence-corrected chi connectivity index (χ0v) is 12.4. The normalized spacial score (nSPS) is 9.00. The Morgan fingerprint density at radius 3 is 1.36 bits per heavy atom. The molecule has 2 heterocycles. The fourth-order valence-corrected chi connectivity index (χ4v) is 1.04. The Bertz CT molecular complexity index is 530. The summed E-state index contributed by atoms with van der Waals surface area (Å²) in [5, 5.41) is 15.6. The molecule has 2 N–H and O–H groups in total. The van der Waals surface area contributed by atoms with Crippen molar-refractivity contribution >= 4 is 11.9 Å². The first-order chi connectivity index (χ1) is 10.4. The van der Waals surface area contributed by atoms with Crippen molar-refractivity contribution in [2.45, 2.75) is 13.8 Å².